The molecule has 0 aliphatic heterocycles. The van der Waals surface area contributed by atoms with E-state index >= 15 is 0 Å². The third-order valence-corrected chi connectivity index (χ3v) is 4.34. The highest BCUT2D eigenvalue weighted by Crippen LogP contribution is 2.22. The average Bonchev–Trinajstić information content (AvgIpc) is 3.25. The highest BCUT2D eigenvalue weighted by atomic mass is 16.3. The van der Waals surface area contributed by atoms with Crippen molar-refractivity contribution in [1.82, 2.24) is 15.1 Å². The molecule has 1 aromatic carbocycles. The van der Waals surface area contributed by atoms with Crippen molar-refractivity contribution in [1.29, 1.82) is 0 Å². The van der Waals surface area contributed by atoms with Crippen molar-refractivity contribution in [3.05, 3.63) is 65.2 Å². The fourth-order valence-corrected chi connectivity index (χ4v) is 2.90. The molecule has 0 atom stereocenters. The Hall–Kier alpha value is -3.15. The standard InChI is InChI=1S/C21H23N3O3/c1-14-13-15(2)24(23-14)12-4-11-22-21(26)20-10-9-19(27-20)18-7-5-17(6-8-18)16(3)25/h5-10,13H,4,11-12H2,1-3H3,(H,22,26). The summed E-state index contributed by atoms with van der Waals surface area (Å²) in [5.74, 6) is 0.640. The number of carbonyl (C=O) groups excluding carboxylic acids is 2. The summed E-state index contributed by atoms with van der Waals surface area (Å²) in [7, 11) is 0. The summed E-state index contributed by atoms with van der Waals surface area (Å²) < 4.78 is 7.60. The fourth-order valence-electron chi connectivity index (χ4n) is 2.90. The predicted octanol–water partition coefficient (Wildman–Crippen LogP) is 3.78. The van der Waals surface area contributed by atoms with Gasteiger partial charge in [-0.25, -0.2) is 0 Å². The summed E-state index contributed by atoms with van der Waals surface area (Å²) in [6.45, 7) is 6.81. The summed E-state index contributed by atoms with van der Waals surface area (Å²) in [4.78, 5) is 23.6. The van der Waals surface area contributed by atoms with Crippen LogP contribution in [0.5, 0.6) is 0 Å². The zero-order valence-electron chi connectivity index (χ0n) is 15.8. The maximum Gasteiger partial charge on any atom is 0.287 e. The van der Waals surface area contributed by atoms with Gasteiger partial charge in [-0.1, -0.05) is 24.3 Å². The largest absolute Gasteiger partial charge is 0.451 e. The van der Waals surface area contributed by atoms with E-state index in [-0.39, 0.29) is 17.5 Å². The molecule has 0 unspecified atom stereocenters. The van der Waals surface area contributed by atoms with Gasteiger partial charge in [-0.2, -0.15) is 5.10 Å². The second-order valence-corrected chi connectivity index (χ2v) is 6.56. The molecule has 0 radical (unpaired) electrons. The number of aromatic nitrogens is 2. The summed E-state index contributed by atoms with van der Waals surface area (Å²) in [5, 5.41) is 7.27. The Balaban J connectivity index is 1.53. The molecule has 1 N–H and O–H groups in total. The Morgan fingerprint density at radius 3 is 2.48 bits per heavy atom. The topological polar surface area (TPSA) is 77.1 Å². The van der Waals surface area contributed by atoms with Crippen molar-refractivity contribution < 1.29 is 14.0 Å². The number of ketones is 1. The van der Waals surface area contributed by atoms with E-state index < -0.39 is 0 Å². The Kier molecular flexibility index (Phi) is 5.54. The number of amides is 1. The zero-order valence-corrected chi connectivity index (χ0v) is 15.8. The van der Waals surface area contributed by atoms with Crippen LogP contribution in [0.25, 0.3) is 11.3 Å². The van der Waals surface area contributed by atoms with E-state index in [1.54, 1.807) is 24.3 Å². The van der Waals surface area contributed by atoms with Crippen LogP contribution in [0.3, 0.4) is 0 Å². The molecule has 27 heavy (non-hydrogen) atoms. The Labute approximate surface area is 158 Å². The molecule has 3 rings (SSSR count). The first-order valence-electron chi connectivity index (χ1n) is 8.94. The van der Waals surface area contributed by atoms with E-state index in [0.717, 1.165) is 29.9 Å². The highest BCUT2D eigenvalue weighted by molar-refractivity contribution is 5.94. The molecule has 0 spiro atoms. The molecule has 2 aromatic heterocycles. The first kappa shape index (κ1) is 18.6. The summed E-state index contributed by atoms with van der Waals surface area (Å²) in [6, 6.07) is 12.6. The van der Waals surface area contributed by atoms with E-state index in [2.05, 4.69) is 10.4 Å². The Bertz CT molecular complexity index is 951. The summed E-state index contributed by atoms with van der Waals surface area (Å²) in [5.41, 5.74) is 3.58. The molecule has 140 valence electrons. The van der Waals surface area contributed by atoms with Crippen molar-refractivity contribution in [2.24, 2.45) is 0 Å². The van der Waals surface area contributed by atoms with Crippen molar-refractivity contribution >= 4 is 11.7 Å². The van der Waals surface area contributed by atoms with Crippen molar-refractivity contribution in [2.45, 2.75) is 33.7 Å². The number of rotatable bonds is 7. The molecule has 1 amide bonds. The number of benzene rings is 1. The molecule has 0 fully saturated rings. The van der Waals surface area contributed by atoms with Gasteiger partial charge in [-0.3, -0.25) is 14.3 Å². The predicted molar refractivity (Wildman–Crippen MR) is 103 cm³/mol. The van der Waals surface area contributed by atoms with Crippen LogP contribution < -0.4 is 5.32 Å². The van der Waals surface area contributed by atoms with Crippen LogP contribution in [0.1, 0.15) is 45.6 Å². The third kappa shape index (κ3) is 4.53. The van der Waals surface area contributed by atoms with Gasteiger partial charge in [0.05, 0.1) is 5.69 Å². The number of nitrogens with one attached hydrogen (secondary N) is 1. The lowest BCUT2D eigenvalue weighted by Crippen LogP contribution is -2.25. The number of furan rings is 1. The van der Waals surface area contributed by atoms with Gasteiger partial charge in [-0.05, 0) is 45.4 Å². The van der Waals surface area contributed by atoms with Gasteiger partial charge in [-0.15, -0.1) is 0 Å². The van der Waals surface area contributed by atoms with Gasteiger partial charge < -0.3 is 9.73 Å². The molecule has 6 heteroatoms. The van der Waals surface area contributed by atoms with Crippen molar-refractivity contribution in [2.75, 3.05) is 6.54 Å². The van der Waals surface area contributed by atoms with Crippen LogP contribution in [-0.4, -0.2) is 28.0 Å². The SMILES string of the molecule is CC(=O)c1ccc(-c2ccc(C(=O)NCCCn3nc(C)cc3C)o2)cc1. The van der Waals surface area contributed by atoms with Gasteiger partial charge >= 0.3 is 0 Å². The Morgan fingerprint density at radius 2 is 1.85 bits per heavy atom. The average molecular weight is 365 g/mol. The van der Waals surface area contributed by atoms with E-state index in [9.17, 15) is 9.59 Å². The molecule has 0 aliphatic rings. The minimum absolute atomic E-state index is 0.0153. The van der Waals surface area contributed by atoms with Gasteiger partial charge in [0.1, 0.15) is 5.76 Å². The maximum absolute atomic E-state index is 12.2. The quantitative estimate of drug-likeness (QED) is 0.510. The molecule has 2 heterocycles. The Morgan fingerprint density at radius 1 is 1.11 bits per heavy atom. The molecule has 6 nitrogen and oxygen atoms in total. The molecular weight excluding hydrogens is 342 g/mol. The van der Waals surface area contributed by atoms with Crippen LogP contribution in [-0.2, 0) is 6.54 Å². The van der Waals surface area contributed by atoms with E-state index in [4.69, 9.17) is 4.42 Å². The maximum atomic E-state index is 12.2. The normalized spacial score (nSPS) is 10.8. The molecule has 0 aliphatic carbocycles. The minimum atomic E-state index is -0.241. The van der Waals surface area contributed by atoms with Gasteiger partial charge in [0.25, 0.3) is 5.91 Å². The van der Waals surface area contributed by atoms with Crippen LogP contribution in [0.15, 0.2) is 46.9 Å². The summed E-state index contributed by atoms with van der Waals surface area (Å²) in [6.07, 6.45) is 0.785. The van der Waals surface area contributed by atoms with Crippen LogP contribution in [0.2, 0.25) is 0 Å². The second-order valence-electron chi connectivity index (χ2n) is 6.56. The molecular formula is C21H23N3O3. The van der Waals surface area contributed by atoms with Gasteiger partial charge in [0.15, 0.2) is 11.5 Å². The molecule has 0 bridgehead atoms. The van der Waals surface area contributed by atoms with Crippen LogP contribution in [0.4, 0.5) is 0 Å². The number of Topliss-reactive ketones (excluding diaryl/α,β-unsaturated/α-hetero) is 1. The van der Waals surface area contributed by atoms with Crippen molar-refractivity contribution in [3.63, 3.8) is 0 Å². The second kappa shape index (κ2) is 8.03. The fraction of sp³-hybridized carbons (Fsp3) is 0.286. The first-order valence-corrected chi connectivity index (χ1v) is 8.94. The monoisotopic (exact) mass is 365 g/mol. The number of hydrogen-bond donors (Lipinski definition) is 1. The van der Waals surface area contributed by atoms with E-state index in [1.807, 2.05) is 36.7 Å². The van der Waals surface area contributed by atoms with Crippen LogP contribution in [0, 0.1) is 13.8 Å². The lowest BCUT2D eigenvalue weighted by Gasteiger charge is -2.05. The van der Waals surface area contributed by atoms with Gasteiger partial charge in [0.2, 0.25) is 0 Å². The minimum Gasteiger partial charge on any atom is -0.451 e. The van der Waals surface area contributed by atoms with E-state index in [0.29, 0.717) is 17.9 Å². The highest BCUT2D eigenvalue weighted by Gasteiger charge is 2.12. The van der Waals surface area contributed by atoms with Crippen LogP contribution >= 0.6 is 0 Å². The number of aryl methyl sites for hydroxylation is 3. The molecule has 0 saturated heterocycles. The molecule has 3 aromatic rings. The first-order chi connectivity index (χ1) is 12.9. The molecule has 0 saturated carbocycles. The summed E-state index contributed by atoms with van der Waals surface area (Å²) >= 11 is 0. The number of hydrogen-bond acceptors (Lipinski definition) is 4. The lowest BCUT2D eigenvalue weighted by atomic mass is 10.1. The third-order valence-electron chi connectivity index (χ3n) is 4.34. The number of nitrogens with zero attached hydrogens (tertiary/aromatic N) is 2. The van der Waals surface area contributed by atoms with E-state index in [1.165, 1.54) is 6.92 Å². The lowest BCUT2D eigenvalue weighted by molar-refractivity contribution is 0.0925. The number of carbonyl (C=O) groups is 2. The van der Waals surface area contributed by atoms with Gasteiger partial charge in [0, 0.05) is 29.9 Å². The van der Waals surface area contributed by atoms with Crippen molar-refractivity contribution in [3.8, 4) is 11.3 Å². The smallest absolute Gasteiger partial charge is 0.287 e. The zero-order chi connectivity index (χ0) is 19.4.